The number of carbonyl (C=O) groups excluding carboxylic acids is 4. The molecule has 68 heavy (non-hydrogen) atoms. The molecule has 5 atom stereocenters. The molecule has 20 heteroatoms. The number of alkyl halides is 3. The largest absolute Gasteiger partial charge is 0.490 e. The Hall–Kier alpha value is -5.92. The lowest BCUT2D eigenvalue weighted by Gasteiger charge is -2.37. The van der Waals surface area contributed by atoms with Crippen LogP contribution < -0.4 is 29.6 Å². The first-order chi connectivity index (χ1) is 32.1. The summed E-state index contributed by atoms with van der Waals surface area (Å²) in [7, 11) is -4.18. The van der Waals surface area contributed by atoms with Gasteiger partial charge >= 0.3 is 12.3 Å². The van der Waals surface area contributed by atoms with Crippen LogP contribution in [0.4, 0.5) is 18.0 Å². The van der Waals surface area contributed by atoms with E-state index < -0.39 is 90.9 Å². The molecule has 3 aromatic rings. The second-order valence-corrected chi connectivity index (χ2v) is 21.8. The summed E-state index contributed by atoms with van der Waals surface area (Å²) in [6.07, 6.45) is 7.14. The Labute approximate surface area is 392 Å². The highest BCUT2D eigenvalue weighted by molar-refractivity contribution is 7.91. The van der Waals surface area contributed by atoms with E-state index in [-0.39, 0.29) is 62.9 Å². The van der Waals surface area contributed by atoms with Gasteiger partial charge in [0, 0.05) is 35.7 Å². The van der Waals surface area contributed by atoms with Crippen LogP contribution in [0.25, 0.3) is 10.9 Å². The minimum absolute atomic E-state index is 0.0156. The number of rotatable bonds is 9. The Kier molecular flexibility index (Phi) is 13.2. The first kappa shape index (κ1) is 48.5. The van der Waals surface area contributed by atoms with E-state index in [1.807, 2.05) is 6.08 Å². The van der Waals surface area contributed by atoms with Crippen molar-refractivity contribution in [2.75, 3.05) is 19.8 Å². The SMILES string of the molecule is CC(C)(C)OC(=O)N[C@H]1CCCCC/C=C\[C@@H]2C=CC[C@@]2(C(=O)NS(=O)(=O)C2(C)CC2)NC(=O)[C@@H]2C[C@]3(CCc4c(c(C(F)(F)F)nc5ccc(OCCOc6ccncc6)cc45)O3)CN2C1=O. The number of nitrogens with zero attached hydrogens (tertiary/aromatic N) is 3. The average molecular weight is 967 g/mol. The third-order valence-corrected chi connectivity index (χ3v) is 15.5. The number of benzene rings is 1. The molecule has 366 valence electrons. The van der Waals surface area contributed by atoms with Crippen LogP contribution in [0.15, 0.2) is 67.0 Å². The summed E-state index contributed by atoms with van der Waals surface area (Å²) in [5.41, 5.74) is -5.39. The number of hydrogen-bond acceptors (Lipinski definition) is 12. The maximum Gasteiger partial charge on any atom is 0.437 e. The van der Waals surface area contributed by atoms with E-state index in [9.17, 15) is 22.8 Å². The quantitative estimate of drug-likeness (QED) is 0.153. The van der Waals surface area contributed by atoms with E-state index in [2.05, 4.69) is 25.3 Å². The highest BCUT2D eigenvalue weighted by Gasteiger charge is 2.58. The van der Waals surface area contributed by atoms with Gasteiger partial charge in [0.05, 0.1) is 16.8 Å². The molecule has 4 amide bonds. The molecule has 0 bridgehead atoms. The minimum Gasteiger partial charge on any atom is -0.490 e. The summed E-state index contributed by atoms with van der Waals surface area (Å²) in [5, 5.41) is 5.90. The topological polar surface area (TPSA) is 204 Å². The molecule has 3 aliphatic heterocycles. The van der Waals surface area contributed by atoms with E-state index in [1.165, 1.54) is 24.0 Å². The number of ether oxygens (including phenoxy) is 4. The molecule has 16 nitrogen and oxygen atoms in total. The molecular formula is C48H57F3N6O10S. The maximum atomic E-state index is 15.1. The third-order valence-electron chi connectivity index (χ3n) is 13.3. The third kappa shape index (κ3) is 10.2. The number of amides is 4. The van der Waals surface area contributed by atoms with Crippen molar-refractivity contribution in [3.63, 3.8) is 0 Å². The highest BCUT2D eigenvalue weighted by Crippen LogP contribution is 2.49. The number of alkyl carbamates (subject to hydrolysis) is 1. The molecule has 0 radical (unpaired) electrons. The number of allylic oxidation sites excluding steroid dienone is 1. The van der Waals surface area contributed by atoms with Gasteiger partial charge in [-0.3, -0.25) is 24.1 Å². The number of hydrogen-bond donors (Lipinski definition) is 3. The molecule has 2 fully saturated rings. The van der Waals surface area contributed by atoms with E-state index in [4.69, 9.17) is 18.9 Å². The minimum atomic E-state index is -4.98. The molecule has 1 aromatic carbocycles. The van der Waals surface area contributed by atoms with Crippen molar-refractivity contribution in [3.05, 3.63) is 78.3 Å². The van der Waals surface area contributed by atoms with E-state index in [0.29, 0.717) is 55.4 Å². The van der Waals surface area contributed by atoms with Crippen molar-refractivity contribution >= 4 is 44.7 Å². The first-order valence-electron chi connectivity index (χ1n) is 23.0. The smallest absolute Gasteiger partial charge is 0.437 e. The molecule has 8 rings (SSSR count). The van der Waals surface area contributed by atoms with Crippen LogP contribution in [0.5, 0.6) is 17.2 Å². The summed E-state index contributed by atoms with van der Waals surface area (Å²) in [4.78, 5) is 66.9. The fraction of sp³-hybridized carbons (Fsp3) is 0.542. The van der Waals surface area contributed by atoms with Crippen molar-refractivity contribution in [1.82, 2.24) is 30.2 Å². The number of pyridine rings is 2. The number of aromatic nitrogens is 2. The van der Waals surface area contributed by atoms with Gasteiger partial charge in [-0.25, -0.2) is 18.2 Å². The van der Waals surface area contributed by atoms with Gasteiger partial charge in [0.1, 0.15) is 53.5 Å². The van der Waals surface area contributed by atoms with E-state index in [0.717, 1.165) is 0 Å². The lowest BCUT2D eigenvalue weighted by molar-refractivity contribution is -0.144. The zero-order valence-corrected chi connectivity index (χ0v) is 39.3. The van der Waals surface area contributed by atoms with Crippen LogP contribution in [0, 0.1) is 5.92 Å². The van der Waals surface area contributed by atoms with E-state index >= 15 is 18.0 Å². The normalized spacial score (nSPS) is 26.5. The zero-order valence-electron chi connectivity index (χ0n) is 38.4. The van der Waals surface area contributed by atoms with Crippen LogP contribution >= 0.6 is 0 Å². The number of sulfonamides is 1. The number of aryl methyl sites for hydroxylation is 1. The zero-order chi connectivity index (χ0) is 48.7. The van der Waals surface area contributed by atoms with Crippen molar-refractivity contribution in [2.24, 2.45) is 5.92 Å². The van der Waals surface area contributed by atoms with Crippen LogP contribution in [-0.4, -0.2) is 100 Å². The Morgan fingerprint density at radius 2 is 1.69 bits per heavy atom. The first-order valence-corrected chi connectivity index (χ1v) is 24.5. The number of fused-ring (bicyclic) bond motifs is 5. The second kappa shape index (κ2) is 18.5. The van der Waals surface area contributed by atoms with Crippen LogP contribution in [-0.2, 0) is 41.7 Å². The predicted octanol–water partition coefficient (Wildman–Crippen LogP) is 6.61. The van der Waals surface area contributed by atoms with Gasteiger partial charge in [-0.05, 0) is 109 Å². The van der Waals surface area contributed by atoms with Gasteiger partial charge in [0.2, 0.25) is 21.8 Å². The standard InChI is InChI=1S/C48H57F3N6O10S/c1-44(2,3)67-43(61)54-36-13-9-7-5-6-8-11-30-12-10-19-47(30,42(60)56-68(62,63)45(4)21-22-45)55-40(58)37-28-46(29-57(37)41(36)59)20-16-33-34-27-32(65-26-25-64-31-17-23-52-24-18-31)14-15-35(34)53-39(38(33)66-46)48(49,50)51/h8,10-12,14-15,17-18,23-24,27,30,36-37H,5-7,9,13,16,19-22,25-26,28-29H2,1-4H3,(H,54,61)(H,55,58)(H,56,60)/b11-8-/t30-,36+,37+,46-,47-/m1/s1. The Morgan fingerprint density at radius 1 is 0.971 bits per heavy atom. The summed E-state index contributed by atoms with van der Waals surface area (Å²) in [6, 6.07) is 5.24. The van der Waals surface area contributed by atoms with Gasteiger partial charge in [0.25, 0.3) is 5.91 Å². The maximum absolute atomic E-state index is 15.1. The summed E-state index contributed by atoms with van der Waals surface area (Å²) in [5.74, 6) is -2.93. The van der Waals surface area contributed by atoms with Gasteiger partial charge in [-0.2, -0.15) is 13.2 Å². The second-order valence-electron chi connectivity index (χ2n) is 19.6. The number of carbonyl (C=O) groups is 4. The predicted molar refractivity (Wildman–Crippen MR) is 242 cm³/mol. The summed E-state index contributed by atoms with van der Waals surface area (Å²) >= 11 is 0. The molecular weight excluding hydrogens is 910 g/mol. The van der Waals surface area contributed by atoms with Gasteiger partial charge < -0.3 is 34.5 Å². The molecule has 5 aliphatic rings. The summed E-state index contributed by atoms with van der Waals surface area (Å²) < 4.78 is 96.9. The Bertz CT molecular complexity index is 2620. The fourth-order valence-electron chi connectivity index (χ4n) is 9.36. The molecule has 1 saturated carbocycles. The summed E-state index contributed by atoms with van der Waals surface area (Å²) in [6.45, 7) is 6.43. The average Bonchev–Trinajstić information content (AvgIpc) is 3.76. The molecule has 5 heterocycles. The highest BCUT2D eigenvalue weighted by atomic mass is 32.2. The fourth-order valence-corrected chi connectivity index (χ4v) is 10.7. The van der Waals surface area contributed by atoms with Crippen LogP contribution in [0.3, 0.4) is 0 Å². The van der Waals surface area contributed by atoms with Crippen LogP contribution in [0.2, 0.25) is 0 Å². The molecule has 3 N–H and O–H groups in total. The molecule has 2 aliphatic carbocycles. The molecule has 0 unspecified atom stereocenters. The lowest BCUT2D eigenvalue weighted by Crippen LogP contribution is -2.65. The van der Waals surface area contributed by atoms with Gasteiger partial charge in [-0.15, -0.1) is 0 Å². The number of nitrogens with one attached hydrogen (secondary N) is 3. The van der Waals surface area contributed by atoms with Crippen molar-refractivity contribution in [3.8, 4) is 17.2 Å². The molecule has 2 aromatic heterocycles. The van der Waals surface area contributed by atoms with Crippen molar-refractivity contribution < 1.29 is 59.7 Å². The lowest BCUT2D eigenvalue weighted by atomic mass is 9.83. The Morgan fingerprint density at radius 3 is 2.40 bits per heavy atom. The van der Waals surface area contributed by atoms with Gasteiger partial charge in [-0.1, -0.05) is 37.1 Å². The van der Waals surface area contributed by atoms with E-state index in [1.54, 1.807) is 69.6 Å². The van der Waals surface area contributed by atoms with Crippen LogP contribution in [0.1, 0.15) is 103 Å². The van der Waals surface area contributed by atoms with Gasteiger partial charge in [0.15, 0.2) is 11.4 Å². The molecule has 1 saturated heterocycles. The Balaban J connectivity index is 1.15. The van der Waals surface area contributed by atoms with Crippen molar-refractivity contribution in [1.29, 1.82) is 0 Å². The monoisotopic (exact) mass is 966 g/mol. The number of halogens is 3. The molecule has 1 spiro atoms. The van der Waals surface area contributed by atoms with Crippen molar-refractivity contribution in [2.45, 2.75) is 138 Å².